The number of rotatable bonds is 7. The molecule has 3 amide bonds. The zero-order chi connectivity index (χ0) is 17.0. The number of hydrogen-bond acceptors (Lipinski definition) is 5. The molecule has 0 fully saturated rings. The summed E-state index contributed by atoms with van der Waals surface area (Å²) in [6.45, 7) is 1.76. The van der Waals surface area contributed by atoms with E-state index in [1.807, 2.05) is 6.92 Å². The summed E-state index contributed by atoms with van der Waals surface area (Å²) in [4.78, 5) is 47.4. The van der Waals surface area contributed by atoms with Gasteiger partial charge in [-0.2, -0.15) is 0 Å². The van der Waals surface area contributed by atoms with Gasteiger partial charge in [0.15, 0.2) is 0 Å². The molecular formula is C15H16N2O5S. The third kappa shape index (κ3) is 4.10. The van der Waals surface area contributed by atoms with Gasteiger partial charge in [-0.15, -0.1) is 11.8 Å². The molecule has 1 aliphatic heterocycles. The van der Waals surface area contributed by atoms with E-state index in [-0.39, 0.29) is 18.8 Å². The van der Waals surface area contributed by atoms with Crippen LogP contribution in [0.3, 0.4) is 0 Å². The van der Waals surface area contributed by atoms with Crippen molar-refractivity contribution in [2.75, 3.05) is 24.6 Å². The van der Waals surface area contributed by atoms with E-state index in [4.69, 9.17) is 5.11 Å². The monoisotopic (exact) mass is 336 g/mol. The molecule has 2 N–H and O–H groups in total. The number of fused-ring (bicyclic) bond motifs is 1. The molecule has 122 valence electrons. The highest BCUT2D eigenvalue weighted by atomic mass is 32.2. The van der Waals surface area contributed by atoms with Crippen LogP contribution in [0.25, 0.3) is 0 Å². The standard InChI is InChI=1S/C15H16N2O5S/c1-9-2-3-10-11(6-9)15(22)17(14(10)21)7-12(18)16-4-5-23-8-13(19)20/h2-3,6H,4-5,7-8H2,1H3,(H,16,18)(H,19,20). The first-order valence-corrected chi connectivity index (χ1v) is 8.08. The summed E-state index contributed by atoms with van der Waals surface area (Å²) in [6.07, 6.45) is 0. The molecule has 1 aliphatic rings. The molecule has 0 bridgehead atoms. The number of carboxylic acid groups (broad SMARTS) is 1. The first kappa shape index (κ1) is 17.0. The molecular weight excluding hydrogens is 320 g/mol. The van der Waals surface area contributed by atoms with E-state index in [0.29, 0.717) is 16.9 Å². The van der Waals surface area contributed by atoms with E-state index in [9.17, 15) is 19.2 Å². The third-order valence-corrected chi connectivity index (χ3v) is 4.17. The number of aryl methyl sites for hydroxylation is 1. The molecule has 0 spiro atoms. The van der Waals surface area contributed by atoms with Gasteiger partial charge >= 0.3 is 5.97 Å². The average molecular weight is 336 g/mol. The maximum Gasteiger partial charge on any atom is 0.313 e. The molecule has 2 rings (SSSR count). The van der Waals surface area contributed by atoms with Gasteiger partial charge in [-0.3, -0.25) is 24.1 Å². The highest BCUT2D eigenvalue weighted by Crippen LogP contribution is 2.23. The molecule has 0 aliphatic carbocycles. The van der Waals surface area contributed by atoms with Gasteiger partial charge in [0.1, 0.15) is 6.54 Å². The van der Waals surface area contributed by atoms with E-state index in [2.05, 4.69) is 5.32 Å². The number of amides is 3. The van der Waals surface area contributed by atoms with Crippen molar-refractivity contribution >= 4 is 35.5 Å². The normalized spacial score (nSPS) is 13.2. The van der Waals surface area contributed by atoms with Crippen molar-refractivity contribution in [2.24, 2.45) is 0 Å². The number of hydrogen-bond donors (Lipinski definition) is 2. The molecule has 0 saturated carbocycles. The van der Waals surface area contributed by atoms with Crippen LogP contribution in [0.4, 0.5) is 0 Å². The number of nitrogens with one attached hydrogen (secondary N) is 1. The second kappa shape index (κ2) is 7.28. The Kier molecular flexibility index (Phi) is 5.38. The summed E-state index contributed by atoms with van der Waals surface area (Å²) in [6, 6.07) is 4.97. The first-order valence-electron chi connectivity index (χ1n) is 6.93. The lowest BCUT2D eigenvalue weighted by molar-refractivity contribution is -0.133. The third-order valence-electron chi connectivity index (χ3n) is 3.22. The summed E-state index contributed by atoms with van der Waals surface area (Å²) in [5.41, 5.74) is 1.50. The summed E-state index contributed by atoms with van der Waals surface area (Å²) < 4.78 is 0. The Morgan fingerprint density at radius 3 is 2.61 bits per heavy atom. The van der Waals surface area contributed by atoms with Crippen molar-refractivity contribution in [3.8, 4) is 0 Å². The average Bonchev–Trinajstić information content (AvgIpc) is 2.71. The Hall–Kier alpha value is -2.35. The molecule has 1 aromatic rings. The minimum absolute atomic E-state index is 0.0341. The fourth-order valence-electron chi connectivity index (χ4n) is 2.17. The Bertz CT molecular complexity index is 674. The van der Waals surface area contributed by atoms with E-state index < -0.39 is 23.7 Å². The van der Waals surface area contributed by atoms with Crippen LogP contribution in [0.5, 0.6) is 0 Å². The summed E-state index contributed by atoms with van der Waals surface area (Å²) in [5.74, 6) is -1.90. The smallest absolute Gasteiger partial charge is 0.313 e. The molecule has 0 radical (unpaired) electrons. The summed E-state index contributed by atoms with van der Waals surface area (Å²) in [7, 11) is 0. The number of aliphatic carboxylic acids is 1. The molecule has 0 atom stereocenters. The Morgan fingerprint density at radius 1 is 1.22 bits per heavy atom. The van der Waals surface area contributed by atoms with Crippen LogP contribution in [-0.2, 0) is 9.59 Å². The minimum Gasteiger partial charge on any atom is -0.481 e. The van der Waals surface area contributed by atoms with Crippen LogP contribution < -0.4 is 5.32 Å². The predicted octanol–water partition coefficient (Wildman–Crippen LogP) is 0.525. The lowest BCUT2D eigenvalue weighted by Gasteiger charge is -2.13. The van der Waals surface area contributed by atoms with Gasteiger partial charge in [-0.25, -0.2) is 0 Å². The Morgan fingerprint density at radius 2 is 1.91 bits per heavy atom. The number of thioether (sulfide) groups is 1. The molecule has 1 aromatic carbocycles. The zero-order valence-corrected chi connectivity index (χ0v) is 13.3. The van der Waals surface area contributed by atoms with Crippen LogP contribution in [-0.4, -0.2) is 58.3 Å². The quantitative estimate of drug-likeness (QED) is 0.556. The first-order chi connectivity index (χ1) is 10.9. The predicted molar refractivity (Wildman–Crippen MR) is 84.5 cm³/mol. The van der Waals surface area contributed by atoms with E-state index in [1.165, 1.54) is 11.8 Å². The van der Waals surface area contributed by atoms with Gasteiger partial charge in [0.05, 0.1) is 16.9 Å². The Balaban J connectivity index is 1.87. The minimum atomic E-state index is -0.914. The molecule has 0 unspecified atom stereocenters. The van der Waals surface area contributed by atoms with Crippen LogP contribution in [0.15, 0.2) is 18.2 Å². The zero-order valence-electron chi connectivity index (χ0n) is 12.5. The van der Waals surface area contributed by atoms with Gasteiger partial charge in [0, 0.05) is 12.3 Å². The second-order valence-corrected chi connectivity index (χ2v) is 6.15. The van der Waals surface area contributed by atoms with Crippen LogP contribution in [0.2, 0.25) is 0 Å². The Labute approximate surface area is 137 Å². The number of carbonyl (C=O) groups is 4. The molecule has 0 saturated heterocycles. The lowest BCUT2D eigenvalue weighted by atomic mass is 10.1. The van der Waals surface area contributed by atoms with Crippen molar-refractivity contribution in [3.05, 3.63) is 34.9 Å². The van der Waals surface area contributed by atoms with Crippen molar-refractivity contribution in [2.45, 2.75) is 6.92 Å². The number of carbonyl (C=O) groups excluding carboxylic acids is 3. The summed E-state index contributed by atoms with van der Waals surface area (Å²) >= 11 is 1.18. The van der Waals surface area contributed by atoms with Gasteiger partial charge in [0.25, 0.3) is 11.8 Å². The number of benzene rings is 1. The number of carboxylic acids is 1. The lowest BCUT2D eigenvalue weighted by Crippen LogP contribution is -2.41. The van der Waals surface area contributed by atoms with Crippen LogP contribution in [0, 0.1) is 6.92 Å². The van der Waals surface area contributed by atoms with Gasteiger partial charge in [-0.05, 0) is 19.1 Å². The fourth-order valence-corrected chi connectivity index (χ4v) is 2.74. The van der Waals surface area contributed by atoms with E-state index >= 15 is 0 Å². The van der Waals surface area contributed by atoms with E-state index in [1.54, 1.807) is 18.2 Å². The number of imide groups is 1. The van der Waals surface area contributed by atoms with Gasteiger partial charge in [-0.1, -0.05) is 11.6 Å². The van der Waals surface area contributed by atoms with Crippen molar-refractivity contribution < 1.29 is 24.3 Å². The largest absolute Gasteiger partial charge is 0.481 e. The number of nitrogens with zero attached hydrogens (tertiary/aromatic N) is 1. The second-order valence-electron chi connectivity index (χ2n) is 5.04. The van der Waals surface area contributed by atoms with Crippen molar-refractivity contribution in [1.29, 1.82) is 0 Å². The highest BCUT2D eigenvalue weighted by molar-refractivity contribution is 7.99. The van der Waals surface area contributed by atoms with Crippen LogP contribution >= 0.6 is 11.8 Å². The maximum absolute atomic E-state index is 12.2. The van der Waals surface area contributed by atoms with Crippen molar-refractivity contribution in [3.63, 3.8) is 0 Å². The highest BCUT2D eigenvalue weighted by Gasteiger charge is 2.36. The molecule has 0 aromatic heterocycles. The molecule has 1 heterocycles. The van der Waals surface area contributed by atoms with E-state index in [0.717, 1.165) is 10.5 Å². The molecule has 7 nitrogen and oxygen atoms in total. The SMILES string of the molecule is Cc1ccc2c(c1)C(=O)N(CC(=O)NCCSCC(=O)O)C2=O. The van der Waals surface area contributed by atoms with Crippen molar-refractivity contribution in [1.82, 2.24) is 10.2 Å². The topological polar surface area (TPSA) is 104 Å². The maximum atomic E-state index is 12.2. The summed E-state index contributed by atoms with van der Waals surface area (Å²) in [5, 5.41) is 11.0. The molecule has 8 heteroatoms. The van der Waals surface area contributed by atoms with Crippen LogP contribution in [0.1, 0.15) is 26.3 Å². The molecule has 23 heavy (non-hydrogen) atoms. The fraction of sp³-hybridized carbons (Fsp3) is 0.333. The van der Waals surface area contributed by atoms with Gasteiger partial charge < -0.3 is 10.4 Å². The van der Waals surface area contributed by atoms with Gasteiger partial charge in [0.2, 0.25) is 5.91 Å².